The van der Waals surface area contributed by atoms with E-state index in [1.54, 1.807) is 35.9 Å². The van der Waals surface area contributed by atoms with Gasteiger partial charge in [0.05, 0.1) is 18.7 Å². The number of hydrogen-bond acceptors (Lipinski definition) is 5. The van der Waals surface area contributed by atoms with Crippen LogP contribution in [0.5, 0.6) is 11.5 Å². The third-order valence-corrected chi connectivity index (χ3v) is 9.03. The lowest BCUT2D eigenvalue weighted by Gasteiger charge is -2.28. The number of rotatable bonds is 6. The lowest BCUT2D eigenvalue weighted by Crippen LogP contribution is -2.32. The minimum absolute atomic E-state index is 0.00739. The number of hydrogen-bond donors (Lipinski definition) is 1. The number of nitrogens with zero attached hydrogens (tertiary/aromatic N) is 2. The van der Waals surface area contributed by atoms with E-state index in [2.05, 4.69) is 24.4 Å². The van der Waals surface area contributed by atoms with Gasteiger partial charge in [-0.25, -0.2) is 18.1 Å². The predicted molar refractivity (Wildman–Crippen MR) is 123 cm³/mol. The number of imidazole rings is 1. The van der Waals surface area contributed by atoms with Crippen LogP contribution in [0, 0.1) is 6.92 Å². The van der Waals surface area contributed by atoms with Crippen molar-refractivity contribution >= 4 is 24.0 Å². The number of anilines is 1. The summed E-state index contributed by atoms with van der Waals surface area (Å²) in [6.45, 7) is 8.90. The van der Waals surface area contributed by atoms with Crippen LogP contribution in [0.25, 0.3) is 0 Å². The Kier molecular flexibility index (Phi) is 5.34. The second-order valence-electron chi connectivity index (χ2n) is 8.90. The van der Waals surface area contributed by atoms with E-state index in [9.17, 15) is 8.42 Å². The number of fused-ring (bicyclic) bond motifs is 1. The number of benzene rings is 2. The van der Waals surface area contributed by atoms with E-state index in [1.165, 1.54) is 0 Å². The minimum atomic E-state index is -3.74. The summed E-state index contributed by atoms with van der Waals surface area (Å²) in [6.07, 6.45) is 1.89. The minimum Gasteiger partial charge on any atom is -0.454 e. The standard InChI is InChI=1S/C22H27N3O4SSi/c1-15-9-11-16(12-10-15)30(26,27)24-22-23-18(13-25(22)2)21(31(3,4)5)17-7-6-8-19-20(17)29-14-28-19/h6-13,21H,14H2,1-5H3,(H,23,24). The molecule has 0 spiro atoms. The fraction of sp³-hybridized carbons (Fsp3) is 0.318. The SMILES string of the molecule is Cc1ccc(S(=O)(=O)Nc2nc(C(c3cccc4c3OCO4)[Si](C)(C)C)cn2C)cc1. The molecule has 9 heteroatoms. The molecule has 2 aromatic carbocycles. The highest BCUT2D eigenvalue weighted by Crippen LogP contribution is 2.44. The molecule has 0 saturated carbocycles. The van der Waals surface area contributed by atoms with Gasteiger partial charge >= 0.3 is 0 Å². The molecule has 2 heterocycles. The van der Waals surface area contributed by atoms with Crippen molar-refractivity contribution in [3.05, 3.63) is 65.5 Å². The van der Waals surface area contributed by atoms with Crippen LogP contribution in [0.3, 0.4) is 0 Å². The molecule has 1 aliphatic rings. The second kappa shape index (κ2) is 7.72. The van der Waals surface area contributed by atoms with Crippen molar-refractivity contribution in [3.8, 4) is 11.5 Å². The van der Waals surface area contributed by atoms with Gasteiger partial charge in [-0.2, -0.15) is 0 Å². The lowest BCUT2D eigenvalue weighted by atomic mass is 10.1. The summed E-state index contributed by atoms with van der Waals surface area (Å²) in [5.74, 6) is 1.77. The molecule has 0 radical (unpaired) electrons. The molecule has 1 atom stereocenters. The Labute approximate surface area is 184 Å². The molecule has 3 aromatic rings. The zero-order valence-electron chi connectivity index (χ0n) is 18.3. The number of ether oxygens (including phenoxy) is 2. The van der Waals surface area contributed by atoms with E-state index in [-0.39, 0.29) is 23.2 Å². The quantitative estimate of drug-likeness (QED) is 0.559. The van der Waals surface area contributed by atoms with Gasteiger partial charge in [0, 0.05) is 24.3 Å². The molecule has 1 N–H and O–H groups in total. The molecule has 0 bridgehead atoms. The number of nitrogens with one attached hydrogen (secondary N) is 1. The third kappa shape index (κ3) is 4.20. The third-order valence-electron chi connectivity index (χ3n) is 5.35. The van der Waals surface area contributed by atoms with E-state index in [0.717, 1.165) is 28.3 Å². The maximum atomic E-state index is 12.9. The Balaban J connectivity index is 1.72. The molecule has 31 heavy (non-hydrogen) atoms. The van der Waals surface area contributed by atoms with Crippen LogP contribution in [-0.4, -0.2) is 32.8 Å². The summed E-state index contributed by atoms with van der Waals surface area (Å²) < 4.78 is 41.4. The average Bonchev–Trinajstić information content (AvgIpc) is 3.28. The van der Waals surface area contributed by atoms with Crippen molar-refractivity contribution < 1.29 is 17.9 Å². The number of para-hydroxylation sites is 1. The summed E-state index contributed by atoms with van der Waals surface area (Å²) >= 11 is 0. The number of aromatic nitrogens is 2. The molecule has 0 aliphatic carbocycles. The van der Waals surface area contributed by atoms with Gasteiger partial charge in [-0.1, -0.05) is 49.5 Å². The Bertz CT molecular complexity index is 1210. The first-order chi connectivity index (χ1) is 14.6. The van der Waals surface area contributed by atoms with Crippen LogP contribution in [0.4, 0.5) is 5.95 Å². The molecule has 1 aliphatic heterocycles. The lowest BCUT2D eigenvalue weighted by molar-refractivity contribution is 0.173. The first kappa shape index (κ1) is 21.4. The van der Waals surface area contributed by atoms with E-state index < -0.39 is 18.1 Å². The highest BCUT2D eigenvalue weighted by molar-refractivity contribution is 7.92. The van der Waals surface area contributed by atoms with E-state index >= 15 is 0 Å². The smallest absolute Gasteiger partial charge is 0.264 e. The molecule has 164 valence electrons. The monoisotopic (exact) mass is 457 g/mol. The summed E-state index contributed by atoms with van der Waals surface area (Å²) in [4.78, 5) is 4.92. The van der Waals surface area contributed by atoms with Crippen LogP contribution in [0.1, 0.15) is 22.4 Å². The molecule has 7 nitrogen and oxygen atoms in total. The summed E-state index contributed by atoms with van der Waals surface area (Å²) in [5, 5.41) is 0. The largest absolute Gasteiger partial charge is 0.454 e. The summed E-state index contributed by atoms with van der Waals surface area (Å²) in [6, 6.07) is 12.6. The molecular formula is C22H27N3O4SSi. The van der Waals surface area contributed by atoms with E-state index in [0.29, 0.717) is 0 Å². The fourth-order valence-electron chi connectivity index (χ4n) is 3.87. The zero-order chi connectivity index (χ0) is 22.4. The zero-order valence-corrected chi connectivity index (χ0v) is 20.2. The van der Waals surface area contributed by atoms with Crippen molar-refractivity contribution in [1.29, 1.82) is 0 Å². The van der Waals surface area contributed by atoms with Crippen LogP contribution in [0.2, 0.25) is 19.6 Å². The van der Waals surface area contributed by atoms with Crippen LogP contribution in [0.15, 0.2) is 53.6 Å². The molecule has 1 aromatic heterocycles. The van der Waals surface area contributed by atoms with Gasteiger partial charge in [-0.05, 0) is 25.1 Å². The summed E-state index contributed by atoms with van der Waals surface area (Å²) in [7, 11) is -3.79. The highest BCUT2D eigenvalue weighted by atomic mass is 32.2. The maximum absolute atomic E-state index is 12.9. The molecule has 0 saturated heterocycles. The molecule has 4 rings (SSSR count). The van der Waals surface area contributed by atoms with Crippen molar-refractivity contribution in [2.45, 2.75) is 37.0 Å². The van der Waals surface area contributed by atoms with Gasteiger partial charge in [0.25, 0.3) is 10.0 Å². The van der Waals surface area contributed by atoms with Crippen LogP contribution < -0.4 is 14.2 Å². The van der Waals surface area contributed by atoms with Crippen molar-refractivity contribution in [2.24, 2.45) is 7.05 Å². The van der Waals surface area contributed by atoms with Gasteiger partial charge < -0.3 is 14.0 Å². The van der Waals surface area contributed by atoms with Crippen LogP contribution >= 0.6 is 0 Å². The van der Waals surface area contributed by atoms with Crippen LogP contribution in [-0.2, 0) is 17.1 Å². The Morgan fingerprint density at radius 1 is 1.10 bits per heavy atom. The van der Waals surface area contributed by atoms with E-state index in [1.807, 2.05) is 31.3 Å². The van der Waals surface area contributed by atoms with Crippen molar-refractivity contribution in [2.75, 3.05) is 11.5 Å². The first-order valence-corrected chi connectivity index (χ1v) is 15.1. The van der Waals surface area contributed by atoms with Gasteiger partial charge in [-0.3, -0.25) is 0 Å². The van der Waals surface area contributed by atoms with Gasteiger partial charge in [-0.15, -0.1) is 0 Å². The summed E-state index contributed by atoms with van der Waals surface area (Å²) in [5.41, 5.74) is 2.85. The Morgan fingerprint density at radius 3 is 2.48 bits per heavy atom. The molecule has 0 amide bonds. The number of sulfonamides is 1. The second-order valence-corrected chi connectivity index (χ2v) is 15.9. The molecule has 1 unspecified atom stereocenters. The first-order valence-electron chi connectivity index (χ1n) is 10.1. The number of aryl methyl sites for hydroxylation is 2. The van der Waals surface area contributed by atoms with Gasteiger partial charge in [0.15, 0.2) is 11.5 Å². The average molecular weight is 458 g/mol. The fourth-order valence-corrected chi connectivity index (χ4v) is 7.10. The van der Waals surface area contributed by atoms with Crippen molar-refractivity contribution in [3.63, 3.8) is 0 Å². The van der Waals surface area contributed by atoms with Crippen molar-refractivity contribution in [1.82, 2.24) is 9.55 Å². The van der Waals surface area contributed by atoms with E-state index in [4.69, 9.17) is 14.5 Å². The van der Waals surface area contributed by atoms with Gasteiger partial charge in [0.1, 0.15) is 0 Å². The molecule has 0 fully saturated rings. The normalized spacial score (nSPS) is 14.5. The topological polar surface area (TPSA) is 82.5 Å². The van der Waals surface area contributed by atoms with Gasteiger partial charge in [0.2, 0.25) is 12.7 Å². The Morgan fingerprint density at radius 2 is 1.81 bits per heavy atom. The molecular weight excluding hydrogens is 430 g/mol. The Hall–Kier alpha value is -2.78. The predicted octanol–water partition coefficient (Wildman–Crippen LogP) is 4.27. The highest BCUT2D eigenvalue weighted by Gasteiger charge is 2.36. The maximum Gasteiger partial charge on any atom is 0.264 e.